The smallest absolute Gasteiger partial charge is 0.295 e. The quantitative estimate of drug-likeness (QED) is 0.0711. The largest absolute Gasteiger partial charge is 0.618 e. The van der Waals surface area contributed by atoms with Gasteiger partial charge in [-0.15, -0.1) is 0 Å². The van der Waals surface area contributed by atoms with E-state index in [1.807, 2.05) is 24.8 Å². The molecule has 1 aromatic heterocycles. The first-order valence-electron chi connectivity index (χ1n) is 17.0. The van der Waals surface area contributed by atoms with Gasteiger partial charge in [0, 0.05) is 47.4 Å². The molecule has 1 amide bonds. The van der Waals surface area contributed by atoms with Crippen molar-refractivity contribution in [3.63, 3.8) is 0 Å². The molecule has 50 heavy (non-hydrogen) atoms. The third kappa shape index (κ3) is 8.54. The lowest BCUT2D eigenvalue weighted by atomic mass is 9.82. The molecular weight excluding hydrogens is 720 g/mol. The topological polar surface area (TPSA) is 126 Å². The van der Waals surface area contributed by atoms with Gasteiger partial charge in [0.2, 0.25) is 5.69 Å². The predicted octanol–water partition coefficient (Wildman–Crippen LogP) is 6.93. The molecular formula is C38H45BrN4O6S. The fourth-order valence-electron chi connectivity index (χ4n) is 6.99. The summed E-state index contributed by atoms with van der Waals surface area (Å²) in [5.41, 5.74) is 4.11. The molecule has 10 nitrogen and oxygen atoms in total. The Morgan fingerprint density at radius 1 is 1.00 bits per heavy atom. The van der Waals surface area contributed by atoms with Gasteiger partial charge in [0.15, 0.2) is 6.20 Å². The molecule has 2 aliphatic heterocycles. The van der Waals surface area contributed by atoms with Gasteiger partial charge in [0.05, 0.1) is 5.71 Å². The van der Waals surface area contributed by atoms with Gasteiger partial charge >= 0.3 is 0 Å². The highest BCUT2D eigenvalue weighted by molar-refractivity contribution is 9.10. The van der Waals surface area contributed by atoms with E-state index in [4.69, 9.17) is 9.39 Å². The molecule has 0 atom stereocenters. The Morgan fingerprint density at radius 3 is 2.28 bits per heavy atom. The zero-order chi connectivity index (χ0) is 36.1. The number of hydrogen-bond donors (Lipinski definition) is 1. The monoisotopic (exact) mass is 764 g/mol. The number of rotatable bonds is 7. The number of halogens is 1. The van der Waals surface area contributed by atoms with Crippen LogP contribution < -0.4 is 4.73 Å². The molecule has 0 bridgehead atoms. The summed E-state index contributed by atoms with van der Waals surface area (Å²) in [5, 5.41) is 17.9. The van der Waals surface area contributed by atoms with Crippen molar-refractivity contribution >= 4 is 48.4 Å². The van der Waals surface area contributed by atoms with Gasteiger partial charge in [-0.1, -0.05) is 69.6 Å². The van der Waals surface area contributed by atoms with Crippen LogP contribution in [0.5, 0.6) is 0 Å². The molecule has 2 fully saturated rings. The van der Waals surface area contributed by atoms with Crippen LogP contribution in [0.25, 0.3) is 10.8 Å². The van der Waals surface area contributed by atoms with Crippen LogP contribution in [-0.4, -0.2) is 72.7 Å². The first-order chi connectivity index (χ1) is 23.8. The number of benzene rings is 3. The van der Waals surface area contributed by atoms with Crippen LogP contribution in [0, 0.1) is 25.0 Å². The second kappa shape index (κ2) is 16.0. The Bertz CT molecular complexity index is 1950. The maximum Gasteiger partial charge on any atom is 0.295 e. The van der Waals surface area contributed by atoms with Gasteiger partial charge in [-0.3, -0.25) is 14.2 Å². The van der Waals surface area contributed by atoms with Crippen LogP contribution in [0.2, 0.25) is 0 Å². The van der Waals surface area contributed by atoms with Crippen molar-refractivity contribution < 1.29 is 27.3 Å². The maximum absolute atomic E-state index is 13.3. The van der Waals surface area contributed by atoms with Crippen molar-refractivity contribution in [1.29, 1.82) is 0 Å². The average Bonchev–Trinajstić information content (AvgIpc) is 3.11. The number of hydrogen-bond acceptors (Lipinski definition) is 7. The standard InChI is InChI=1S/C28H37BrN4O3.C10H8O3S/c1-5-36-30-26(22-6-8-24(29)9-7-22)23-11-15-32(16-12-23)28(4)13-18-31(19-14-28)27(34)25-20(2)10-17-33(35)21(25)3;11-14(12,13)10-7-3-5-8-4-1-2-6-9(8)10/h6-10,17,23H,5,11-16,18-19H2,1-4H3;1-7H,(H,11,12,13)/b30-26-;. The molecule has 1 N–H and O–H groups in total. The van der Waals surface area contributed by atoms with E-state index >= 15 is 0 Å². The van der Waals surface area contributed by atoms with E-state index in [1.54, 1.807) is 43.3 Å². The Balaban J connectivity index is 0.000000288. The van der Waals surface area contributed by atoms with Crippen molar-refractivity contribution in [3.05, 3.63) is 111 Å². The molecule has 6 rings (SSSR count). The predicted molar refractivity (Wildman–Crippen MR) is 199 cm³/mol. The first-order valence-corrected chi connectivity index (χ1v) is 19.2. The number of nitrogens with zero attached hydrogens (tertiary/aromatic N) is 4. The number of fused-ring (bicyclic) bond motifs is 1. The van der Waals surface area contributed by atoms with Crippen LogP contribution in [0.3, 0.4) is 0 Å². The second-order valence-corrected chi connectivity index (χ2v) is 15.5. The van der Waals surface area contributed by atoms with Crippen molar-refractivity contribution in [1.82, 2.24) is 9.80 Å². The number of piperidine rings is 2. The number of oxime groups is 1. The highest BCUT2D eigenvalue weighted by atomic mass is 79.9. The summed E-state index contributed by atoms with van der Waals surface area (Å²) in [7, 11) is -4.13. The number of carbonyl (C=O) groups is 1. The van der Waals surface area contributed by atoms with E-state index in [-0.39, 0.29) is 16.3 Å². The van der Waals surface area contributed by atoms with Crippen LogP contribution in [0.1, 0.15) is 66.7 Å². The number of likely N-dealkylation sites (tertiary alicyclic amines) is 2. The molecule has 3 aromatic carbocycles. The number of aromatic nitrogens is 1. The number of aryl methyl sites for hydroxylation is 1. The van der Waals surface area contributed by atoms with Crippen LogP contribution >= 0.6 is 15.9 Å². The van der Waals surface area contributed by atoms with Gasteiger partial charge in [0.1, 0.15) is 17.1 Å². The lowest BCUT2D eigenvalue weighted by Gasteiger charge is -2.49. The minimum Gasteiger partial charge on any atom is -0.618 e. The molecule has 266 valence electrons. The number of carbonyl (C=O) groups excluding carboxylic acids is 1. The summed E-state index contributed by atoms with van der Waals surface area (Å²) in [5.74, 6) is 0.337. The average molecular weight is 766 g/mol. The third-order valence-corrected chi connectivity index (χ3v) is 11.4. The first kappa shape index (κ1) is 37.4. The van der Waals surface area contributed by atoms with Gasteiger partial charge in [-0.2, -0.15) is 13.1 Å². The molecule has 0 unspecified atom stereocenters. The molecule has 0 aliphatic carbocycles. The van der Waals surface area contributed by atoms with E-state index in [0.717, 1.165) is 70.2 Å². The van der Waals surface area contributed by atoms with E-state index in [9.17, 15) is 18.4 Å². The normalized spacial score (nSPS) is 17.2. The number of pyridine rings is 1. The molecule has 4 aromatic rings. The lowest BCUT2D eigenvalue weighted by Crippen LogP contribution is -2.57. The van der Waals surface area contributed by atoms with Gasteiger partial charge in [-0.05, 0) is 94.3 Å². The fourth-order valence-corrected chi connectivity index (χ4v) is 7.97. The van der Waals surface area contributed by atoms with Crippen LogP contribution in [0.15, 0.2) is 93.5 Å². The molecule has 12 heteroatoms. The molecule has 0 radical (unpaired) electrons. The summed E-state index contributed by atoms with van der Waals surface area (Å²) in [6, 6.07) is 21.8. The maximum atomic E-state index is 13.3. The zero-order valence-electron chi connectivity index (χ0n) is 29.0. The van der Waals surface area contributed by atoms with Crippen molar-refractivity contribution in [2.45, 2.75) is 63.8 Å². The van der Waals surface area contributed by atoms with Crippen molar-refractivity contribution in [2.24, 2.45) is 11.1 Å². The minimum absolute atomic E-state index is 0.0257. The zero-order valence-corrected chi connectivity index (χ0v) is 31.4. The summed E-state index contributed by atoms with van der Waals surface area (Å²) >= 11 is 3.52. The van der Waals surface area contributed by atoms with Crippen LogP contribution in [-0.2, 0) is 15.0 Å². The van der Waals surface area contributed by atoms with Gasteiger partial charge < -0.3 is 14.9 Å². The van der Waals surface area contributed by atoms with E-state index < -0.39 is 10.1 Å². The Labute approximate surface area is 303 Å². The van der Waals surface area contributed by atoms with E-state index in [0.29, 0.717) is 42.3 Å². The third-order valence-electron chi connectivity index (χ3n) is 9.99. The highest BCUT2D eigenvalue weighted by Crippen LogP contribution is 2.34. The minimum atomic E-state index is -4.13. The molecule has 2 saturated heterocycles. The molecule has 3 heterocycles. The fraction of sp³-hybridized carbons (Fsp3) is 0.395. The van der Waals surface area contributed by atoms with E-state index in [1.165, 1.54) is 12.3 Å². The highest BCUT2D eigenvalue weighted by Gasteiger charge is 2.40. The summed E-state index contributed by atoms with van der Waals surface area (Å²) < 4.78 is 32.8. The Kier molecular flexibility index (Phi) is 12.0. The van der Waals surface area contributed by atoms with Crippen molar-refractivity contribution in [3.8, 4) is 0 Å². The van der Waals surface area contributed by atoms with Crippen molar-refractivity contribution in [2.75, 3.05) is 32.8 Å². The molecule has 0 spiro atoms. The molecule has 2 aliphatic rings. The second-order valence-electron chi connectivity index (χ2n) is 13.2. The summed E-state index contributed by atoms with van der Waals surface area (Å²) in [4.78, 5) is 23.3. The summed E-state index contributed by atoms with van der Waals surface area (Å²) in [6.07, 6.45) is 5.40. The number of amides is 1. The summed E-state index contributed by atoms with van der Waals surface area (Å²) in [6.45, 7) is 11.9. The van der Waals surface area contributed by atoms with Crippen LogP contribution in [0.4, 0.5) is 0 Å². The Hall–Kier alpha value is -3.84. The lowest BCUT2D eigenvalue weighted by molar-refractivity contribution is -0.612. The van der Waals surface area contributed by atoms with Gasteiger partial charge in [0.25, 0.3) is 16.0 Å². The Morgan fingerprint density at radius 2 is 1.64 bits per heavy atom. The molecule has 0 saturated carbocycles. The van der Waals surface area contributed by atoms with Gasteiger partial charge in [-0.25, -0.2) is 0 Å². The van der Waals surface area contributed by atoms with E-state index in [2.05, 4.69) is 57.2 Å². The SMILES string of the molecule is CCO/N=C(/c1ccc(Br)cc1)C1CCN(C2(C)CCN(C(=O)c3c(C)cc[n+]([O-])c3C)CC2)CC1.O=S(=O)(O)c1cccc2ccccc12.